The number of hydrogen-bond donors (Lipinski definition) is 0. The van der Waals surface area contributed by atoms with E-state index in [-0.39, 0.29) is 0 Å². The zero-order valence-corrected chi connectivity index (χ0v) is 37.8. The normalized spacial score (nSPS) is 12.5. The molecule has 1 aliphatic rings. The fourth-order valence-electron chi connectivity index (χ4n) is 11.0. The Morgan fingerprint density at radius 1 is 0.290 bits per heavy atom. The van der Waals surface area contributed by atoms with E-state index in [0.717, 1.165) is 50.1 Å². The number of furan rings is 1. The van der Waals surface area contributed by atoms with Crippen LogP contribution >= 0.6 is 0 Å². The van der Waals surface area contributed by atoms with E-state index in [2.05, 4.69) is 266 Å². The molecule has 0 fully saturated rings. The van der Waals surface area contributed by atoms with Crippen LogP contribution in [0, 0.1) is 0 Å². The predicted molar refractivity (Wildman–Crippen MR) is 287 cm³/mol. The highest BCUT2D eigenvalue weighted by Crippen LogP contribution is 2.58. The minimum Gasteiger partial charge on any atom is -0.456 e. The average Bonchev–Trinajstić information content (AvgIpc) is 3.96. The van der Waals surface area contributed by atoms with E-state index in [0.29, 0.717) is 0 Å². The number of nitrogens with zero attached hydrogens (tertiary/aromatic N) is 1. The van der Waals surface area contributed by atoms with E-state index in [1.54, 1.807) is 0 Å². The maximum atomic E-state index is 6.28. The van der Waals surface area contributed by atoms with E-state index in [1.807, 2.05) is 12.1 Å². The van der Waals surface area contributed by atoms with Gasteiger partial charge < -0.3 is 9.32 Å². The maximum absolute atomic E-state index is 6.28. The summed E-state index contributed by atoms with van der Waals surface area (Å²) in [5.41, 5.74) is 21.6. The second-order valence-electron chi connectivity index (χ2n) is 18.0. The molecule has 0 aliphatic heterocycles. The summed E-state index contributed by atoms with van der Waals surface area (Å²) in [7, 11) is 0. The lowest BCUT2D eigenvalue weighted by Crippen LogP contribution is -2.28. The molecule has 0 bridgehead atoms. The van der Waals surface area contributed by atoms with Gasteiger partial charge in [0.25, 0.3) is 0 Å². The van der Waals surface area contributed by atoms with E-state index in [4.69, 9.17) is 4.42 Å². The highest BCUT2D eigenvalue weighted by atomic mass is 16.3. The van der Waals surface area contributed by atoms with Crippen LogP contribution in [0.4, 0.5) is 17.1 Å². The Morgan fingerprint density at radius 3 is 1.42 bits per heavy atom. The lowest BCUT2D eigenvalue weighted by Gasteiger charge is -2.34. The zero-order chi connectivity index (χ0) is 45.7. The third-order valence-electron chi connectivity index (χ3n) is 14.2. The molecular formula is C67H45NO. The van der Waals surface area contributed by atoms with Gasteiger partial charge in [0.15, 0.2) is 0 Å². The van der Waals surface area contributed by atoms with Gasteiger partial charge in [0.05, 0.1) is 11.1 Å². The molecule has 0 amide bonds. The third-order valence-corrected chi connectivity index (χ3v) is 14.2. The molecule has 0 atom stereocenters. The summed E-state index contributed by atoms with van der Waals surface area (Å²) in [5.74, 6) is 0. The summed E-state index contributed by atoms with van der Waals surface area (Å²) in [6, 6.07) is 99.2. The van der Waals surface area contributed by atoms with Crippen LogP contribution in [0.2, 0.25) is 0 Å². The van der Waals surface area contributed by atoms with Crippen molar-refractivity contribution in [2.75, 3.05) is 4.90 Å². The Bertz CT molecular complexity index is 3760. The van der Waals surface area contributed by atoms with Crippen molar-refractivity contribution in [1.29, 1.82) is 0 Å². The van der Waals surface area contributed by atoms with Gasteiger partial charge in [-0.1, -0.05) is 224 Å². The first-order valence-electron chi connectivity index (χ1n) is 23.7. The molecule has 0 radical (unpaired) electrons. The first-order chi connectivity index (χ1) is 34.2. The molecule has 1 heterocycles. The van der Waals surface area contributed by atoms with Crippen molar-refractivity contribution < 1.29 is 4.42 Å². The monoisotopic (exact) mass is 879 g/mol. The Balaban J connectivity index is 0.942. The zero-order valence-electron chi connectivity index (χ0n) is 37.8. The Kier molecular flexibility index (Phi) is 9.77. The van der Waals surface area contributed by atoms with Crippen molar-refractivity contribution in [3.63, 3.8) is 0 Å². The Labute approximate surface area is 402 Å². The molecule has 13 rings (SSSR count). The molecule has 1 aliphatic carbocycles. The average molecular weight is 880 g/mol. The van der Waals surface area contributed by atoms with Gasteiger partial charge >= 0.3 is 0 Å². The lowest BCUT2D eigenvalue weighted by atomic mass is 9.67. The van der Waals surface area contributed by atoms with Crippen LogP contribution in [-0.2, 0) is 5.41 Å². The molecular weight excluding hydrogens is 835 g/mol. The smallest absolute Gasteiger partial charge is 0.135 e. The minimum atomic E-state index is -0.466. The first kappa shape index (κ1) is 40.3. The molecule has 0 spiro atoms. The van der Waals surface area contributed by atoms with Crippen molar-refractivity contribution >= 4 is 39.0 Å². The van der Waals surface area contributed by atoms with Gasteiger partial charge in [0.1, 0.15) is 11.2 Å². The fraction of sp³-hybridized carbons (Fsp3) is 0.0149. The van der Waals surface area contributed by atoms with Crippen molar-refractivity contribution in [2.45, 2.75) is 5.41 Å². The van der Waals surface area contributed by atoms with Gasteiger partial charge in [-0.25, -0.2) is 0 Å². The van der Waals surface area contributed by atoms with Crippen LogP contribution in [0.3, 0.4) is 0 Å². The number of rotatable bonds is 9. The lowest BCUT2D eigenvalue weighted by molar-refractivity contribution is 0.669. The van der Waals surface area contributed by atoms with Crippen molar-refractivity contribution in [2.24, 2.45) is 0 Å². The number of para-hydroxylation sites is 2. The number of hydrogen-bond acceptors (Lipinski definition) is 2. The third kappa shape index (κ3) is 6.72. The highest BCUT2D eigenvalue weighted by Gasteiger charge is 2.46. The van der Waals surface area contributed by atoms with Crippen LogP contribution in [0.25, 0.3) is 77.6 Å². The van der Waals surface area contributed by atoms with Gasteiger partial charge in [0.2, 0.25) is 0 Å². The number of fused-ring (bicyclic) bond motifs is 6. The van der Waals surface area contributed by atoms with E-state index >= 15 is 0 Å². The number of benzene rings is 11. The maximum Gasteiger partial charge on any atom is 0.135 e. The summed E-state index contributed by atoms with van der Waals surface area (Å²) in [6.07, 6.45) is 0. The second kappa shape index (κ2) is 16.7. The van der Waals surface area contributed by atoms with Crippen LogP contribution in [0.1, 0.15) is 22.3 Å². The molecule has 12 aromatic rings. The number of anilines is 3. The van der Waals surface area contributed by atoms with Gasteiger partial charge in [-0.05, 0) is 121 Å². The van der Waals surface area contributed by atoms with Gasteiger partial charge in [-0.2, -0.15) is 0 Å². The highest BCUT2D eigenvalue weighted by molar-refractivity contribution is 6.07. The van der Waals surface area contributed by atoms with E-state index in [9.17, 15) is 0 Å². The molecule has 1 aromatic heterocycles. The van der Waals surface area contributed by atoms with E-state index in [1.165, 1.54) is 66.8 Å². The predicted octanol–water partition coefficient (Wildman–Crippen LogP) is 18.1. The molecule has 0 saturated carbocycles. The standard InChI is InChI=1S/C67H45NO/c1-4-17-46(18-5-1)47-31-33-48(34-32-47)49-35-40-54(41-36-49)68(63-29-14-11-23-56(63)51-39-44-65-60(45-51)58-24-12-15-30-64(58)69-65)55-42-37-50(38-43-55)57-26-16-28-62-66(57)59-25-10-13-27-61(59)67(62,52-19-6-2-7-20-52)53-21-8-3-9-22-53/h1-45H. The second-order valence-corrected chi connectivity index (χ2v) is 18.0. The van der Waals surface area contributed by atoms with Crippen LogP contribution in [0.5, 0.6) is 0 Å². The Morgan fingerprint density at radius 2 is 0.754 bits per heavy atom. The molecule has 69 heavy (non-hydrogen) atoms. The molecule has 0 saturated heterocycles. The van der Waals surface area contributed by atoms with Gasteiger partial charge in [-0.3, -0.25) is 0 Å². The summed E-state index contributed by atoms with van der Waals surface area (Å²) in [5, 5.41) is 2.23. The quantitative estimate of drug-likeness (QED) is 0.144. The largest absolute Gasteiger partial charge is 0.456 e. The first-order valence-corrected chi connectivity index (χ1v) is 23.7. The SMILES string of the molecule is c1ccc(-c2ccc(-c3ccc(N(c4ccc(-c5cccc6c5-c5ccccc5C6(c5ccccc5)c5ccccc5)cc4)c4ccccc4-c4ccc5oc6ccccc6c5c4)cc3)cc2)cc1. The van der Waals surface area contributed by atoms with E-state index < -0.39 is 5.41 Å². The topological polar surface area (TPSA) is 16.4 Å². The summed E-state index contributed by atoms with van der Waals surface area (Å²) >= 11 is 0. The van der Waals surface area contributed by atoms with Crippen molar-refractivity contribution in [1.82, 2.24) is 0 Å². The van der Waals surface area contributed by atoms with Crippen molar-refractivity contribution in [3.8, 4) is 55.6 Å². The fourth-order valence-corrected chi connectivity index (χ4v) is 11.0. The molecule has 2 heteroatoms. The van der Waals surface area contributed by atoms with Gasteiger partial charge in [0, 0.05) is 27.7 Å². The molecule has 0 N–H and O–H groups in total. The summed E-state index contributed by atoms with van der Waals surface area (Å²) < 4.78 is 6.28. The van der Waals surface area contributed by atoms with Gasteiger partial charge in [-0.15, -0.1) is 0 Å². The molecule has 11 aromatic carbocycles. The van der Waals surface area contributed by atoms with Crippen LogP contribution < -0.4 is 4.90 Å². The molecule has 2 nitrogen and oxygen atoms in total. The summed E-state index contributed by atoms with van der Waals surface area (Å²) in [4.78, 5) is 2.40. The van der Waals surface area contributed by atoms with Crippen LogP contribution in [0.15, 0.2) is 277 Å². The Hall–Kier alpha value is -8.98. The van der Waals surface area contributed by atoms with Crippen molar-refractivity contribution in [3.05, 3.63) is 295 Å². The summed E-state index contributed by atoms with van der Waals surface area (Å²) in [6.45, 7) is 0. The van der Waals surface area contributed by atoms with Crippen LogP contribution in [-0.4, -0.2) is 0 Å². The minimum absolute atomic E-state index is 0.466. The molecule has 0 unspecified atom stereocenters. The molecule has 324 valence electrons.